The largest absolute Gasteiger partial charge is 0.496 e. The molecule has 4 nitrogen and oxygen atoms in total. The third-order valence-electron chi connectivity index (χ3n) is 3.04. The van der Waals surface area contributed by atoms with Gasteiger partial charge in [0, 0.05) is 6.61 Å². The quantitative estimate of drug-likeness (QED) is 0.810. The van der Waals surface area contributed by atoms with Crippen molar-refractivity contribution in [1.29, 1.82) is 0 Å². The van der Waals surface area contributed by atoms with E-state index in [1.54, 1.807) is 12.1 Å². The maximum Gasteiger partial charge on any atom is 0.339 e. The molecule has 0 amide bonds. The van der Waals surface area contributed by atoms with Crippen molar-refractivity contribution in [1.82, 2.24) is 0 Å². The third-order valence-corrected chi connectivity index (χ3v) is 3.04. The molecule has 0 radical (unpaired) electrons. The van der Waals surface area contributed by atoms with Crippen molar-refractivity contribution in [2.75, 3.05) is 13.7 Å². The molecule has 0 bridgehead atoms. The average molecular weight is 222 g/mol. The molecule has 1 aromatic carbocycles. The van der Waals surface area contributed by atoms with E-state index in [2.05, 4.69) is 0 Å². The molecule has 2 rings (SSSR count). The number of aliphatic hydroxyl groups is 1. The van der Waals surface area contributed by atoms with Crippen LogP contribution in [0.3, 0.4) is 0 Å². The Bertz CT molecular complexity index is 413. The van der Waals surface area contributed by atoms with Gasteiger partial charge >= 0.3 is 5.97 Å². The van der Waals surface area contributed by atoms with Gasteiger partial charge in [-0.05, 0) is 36.0 Å². The fourth-order valence-corrected chi connectivity index (χ4v) is 1.98. The summed E-state index contributed by atoms with van der Waals surface area (Å²) >= 11 is 0. The van der Waals surface area contributed by atoms with Gasteiger partial charge < -0.3 is 14.9 Å². The summed E-state index contributed by atoms with van der Waals surface area (Å²) in [5.74, 6) is -0.0265. The van der Waals surface area contributed by atoms with Gasteiger partial charge in [0.2, 0.25) is 0 Å². The second kappa shape index (κ2) is 4.14. The molecule has 2 unspecified atom stereocenters. The summed E-state index contributed by atoms with van der Waals surface area (Å²) in [6, 6.07) is 5.18. The Kier molecular flexibility index (Phi) is 2.83. The zero-order valence-electron chi connectivity index (χ0n) is 9.01. The van der Waals surface area contributed by atoms with Crippen LogP contribution in [0, 0.1) is 5.92 Å². The molecular weight excluding hydrogens is 208 g/mol. The maximum absolute atomic E-state index is 11.0. The number of hydrogen-bond donors (Lipinski definition) is 2. The highest BCUT2D eigenvalue weighted by Crippen LogP contribution is 2.47. The zero-order chi connectivity index (χ0) is 11.7. The molecule has 1 fully saturated rings. The van der Waals surface area contributed by atoms with Crippen LogP contribution in [0.4, 0.5) is 0 Å². The van der Waals surface area contributed by atoms with Gasteiger partial charge in [0.25, 0.3) is 0 Å². The molecule has 2 atom stereocenters. The van der Waals surface area contributed by atoms with Crippen molar-refractivity contribution in [3.63, 3.8) is 0 Å². The van der Waals surface area contributed by atoms with Crippen molar-refractivity contribution in [3.05, 3.63) is 29.3 Å². The Morgan fingerprint density at radius 2 is 2.31 bits per heavy atom. The van der Waals surface area contributed by atoms with Crippen LogP contribution in [0.2, 0.25) is 0 Å². The Labute approximate surface area is 93.5 Å². The van der Waals surface area contributed by atoms with Gasteiger partial charge in [-0.15, -0.1) is 0 Å². The Hall–Kier alpha value is -1.55. The lowest BCUT2D eigenvalue weighted by Crippen LogP contribution is -2.01. The highest BCUT2D eigenvalue weighted by Gasteiger charge is 2.38. The van der Waals surface area contributed by atoms with E-state index in [1.807, 2.05) is 6.07 Å². The first-order valence-corrected chi connectivity index (χ1v) is 5.19. The lowest BCUT2D eigenvalue weighted by molar-refractivity contribution is 0.0693. The van der Waals surface area contributed by atoms with Crippen molar-refractivity contribution >= 4 is 5.97 Å². The minimum Gasteiger partial charge on any atom is -0.496 e. The van der Waals surface area contributed by atoms with Gasteiger partial charge in [-0.2, -0.15) is 0 Å². The second-order valence-electron chi connectivity index (χ2n) is 4.05. The number of carbonyl (C=O) groups is 1. The van der Waals surface area contributed by atoms with E-state index in [1.165, 1.54) is 7.11 Å². The lowest BCUT2D eigenvalue weighted by atomic mass is 10.0. The second-order valence-corrected chi connectivity index (χ2v) is 4.05. The van der Waals surface area contributed by atoms with E-state index >= 15 is 0 Å². The number of methoxy groups -OCH3 is 1. The number of carboxylic acids is 1. The summed E-state index contributed by atoms with van der Waals surface area (Å²) in [5, 5.41) is 18.0. The van der Waals surface area contributed by atoms with Crippen LogP contribution < -0.4 is 4.74 Å². The molecule has 2 N–H and O–H groups in total. The van der Waals surface area contributed by atoms with Crippen molar-refractivity contribution in [3.8, 4) is 5.75 Å². The number of carboxylic acid groups (broad SMARTS) is 1. The van der Waals surface area contributed by atoms with Crippen LogP contribution in [0.15, 0.2) is 18.2 Å². The Morgan fingerprint density at radius 3 is 2.81 bits per heavy atom. The predicted octanol–water partition coefficient (Wildman–Crippen LogP) is 1.49. The number of ether oxygens (including phenoxy) is 1. The molecule has 86 valence electrons. The summed E-state index contributed by atoms with van der Waals surface area (Å²) in [6.07, 6.45) is 0.932. The van der Waals surface area contributed by atoms with E-state index in [4.69, 9.17) is 14.9 Å². The highest BCUT2D eigenvalue weighted by molar-refractivity contribution is 5.91. The van der Waals surface area contributed by atoms with E-state index in [0.29, 0.717) is 11.7 Å². The number of aliphatic hydroxyl groups excluding tert-OH is 1. The first kappa shape index (κ1) is 11.0. The van der Waals surface area contributed by atoms with E-state index < -0.39 is 5.97 Å². The van der Waals surface area contributed by atoms with Crippen LogP contribution in [0.1, 0.15) is 28.3 Å². The van der Waals surface area contributed by atoms with Crippen LogP contribution >= 0.6 is 0 Å². The van der Waals surface area contributed by atoms with Gasteiger partial charge in [-0.3, -0.25) is 0 Å². The summed E-state index contributed by atoms with van der Waals surface area (Å²) < 4.78 is 4.98. The fourth-order valence-electron chi connectivity index (χ4n) is 1.98. The smallest absolute Gasteiger partial charge is 0.339 e. The maximum atomic E-state index is 11.0. The third kappa shape index (κ3) is 1.88. The van der Waals surface area contributed by atoms with Gasteiger partial charge in [-0.1, -0.05) is 6.07 Å². The molecule has 1 saturated carbocycles. The van der Waals surface area contributed by atoms with Crippen molar-refractivity contribution in [2.45, 2.75) is 12.3 Å². The molecule has 0 aromatic heterocycles. The van der Waals surface area contributed by atoms with Crippen molar-refractivity contribution < 1.29 is 19.7 Å². The van der Waals surface area contributed by atoms with Gasteiger partial charge in [0.15, 0.2) is 0 Å². The predicted molar refractivity (Wildman–Crippen MR) is 57.9 cm³/mol. The van der Waals surface area contributed by atoms with E-state index in [-0.39, 0.29) is 18.1 Å². The molecule has 4 heteroatoms. The van der Waals surface area contributed by atoms with Crippen LogP contribution in [0.5, 0.6) is 5.75 Å². The molecule has 16 heavy (non-hydrogen) atoms. The average Bonchev–Trinajstić information content (AvgIpc) is 3.07. The molecule has 1 aliphatic carbocycles. The van der Waals surface area contributed by atoms with E-state index in [9.17, 15) is 4.79 Å². The summed E-state index contributed by atoms with van der Waals surface area (Å²) in [7, 11) is 1.45. The first-order chi connectivity index (χ1) is 7.67. The summed E-state index contributed by atoms with van der Waals surface area (Å²) in [5.41, 5.74) is 1.15. The molecular formula is C12H14O4. The summed E-state index contributed by atoms with van der Waals surface area (Å²) in [4.78, 5) is 11.0. The standard InChI is InChI=1S/C12H14O4/c1-16-11-3-2-7(4-10(11)12(14)15)9-5-8(9)6-13/h2-4,8-9,13H,5-6H2,1H3,(H,14,15). The normalized spacial score (nSPS) is 22.9. The first-order valence-electron chi connectivity index (χ1n) is 5.19. The Balaban J connectivity index is 2.29. The van der Waals surface area contributed by atoms with E-state index in [0.717, 1.165) is 12.0 Å². The van der Waals surface area contributed by atoms with Crippen LogP contribution in [-0.2, 0) is 0 Å². The minimum absolute atomic E-state index is 0.166. The molecule has 1 aliphatic rings. The van der Waals surface area contributed by atoms with Crippen LogP contribution in [-0.4, -0.2) is 29.9 Å². The fraction of sp³-hybridized carbons (Fsp3) is 0.417. The topological polar surface area (TPSA) is 66.8 Å². The highest BCUT2D eigenvalue weighted by atomic mass is 16.5. The number of hydrogen-bond acceptors (Lipinski definition) is 3. The molecule has 0 saturated heterocycles. The number of aromatic carboxylic acids is 1. The molecule has 0 aliphatic heterocycles. The van der Waals surface area contributed by atoms with Gasteiger partial charge in [-0.25, -0.2) is 4.79 Å². The monoisotopic (exact) mass is 222 g/mol. The van der Waals surface area contributed by atoms with Gasteiger partial charge in [0.1, 0.15) is 11.3 Å². The Morgan fingerprint density at radius 1 is 1.56 bits per heavy atom. The number of rotatable bonds is 4. The minimum atomic E-state index is -0.986. The molecule has 0 spiro atoms. The lowest BCUT2D eigenvalue weighted by Gasteiger charge is -2.07. The summed E-state index contributed by atoms with van der Waals surface area (Å²) in [6.45, 7) is 0.166. The number of benzene rings is 1. The van der Waals surface area contributed by atoms with Gasteiger partial charge in [0.05, 0.1) is 7.11 Å². The zero-order valence-corrected chi connectivity index (χ0v) is 9.01. The van der Waals surface area contributed by atoms with Crippen molar-refractivity contribution in [2.24, 2.45) is 5.92 Å². The SMILES string of the molecule is COc1ccc(C2CC2CO)cc1C(=O)O. The molecule has 1 aromatic rings. The molecule has 0 heterocycles. The van der Waals surface area contributed by atoms with Crippen LogP contribution in [0.25, 0.3) is 0 Å².